The monoisotopic (exact) mass is 571 g/mol. The van der Waals surface area contributed by atoms with Crippen molar-refractivity contribution in [3.05, 3.63) is 91.0 Å². The number of ether oxygens (including phenoxy) is 1. The molecule has 2 N–H and O–H groups in total. The fourth-order valence-corrected chi connectivity index (χ4v) is 5.98. The van der Waals surface area contributed by atoms with Gasteiger partial charge in [0.15, 0.2) is 0 Å². The van der Waals surface area contributed by atoms with Crippen LogP contribution in [0.3, 0.4) is 0 Å². The standard InChI is InChI=1S/C30H26FN5O4S/c31-22-10-14-26-27(16-22)35-29(34-26)21-8-13-25(32-18-21)20-9-15-28(33-17-20)40-23-11-6-19(7-12-23)30(37)36-41(38,39)24-4-2-1-3-5-24/h1-5,8-10,13-19,23H,6-7,11-12H2,(H,34,35)(H,36,37). The lowest BCUT2D eigenvalue weighted by Gasteiger charge is -2.27. The number of aromatic nitrogens is 4. The molecule has 0 unspecified atom stereocenters. The molecule has 0 spiro atoms. The number of aromatic amines is 1. The molecule has 9 nitrogen and oxygen atoms in total. The number of nitrogens with one attached hydrogen (secondary N) is 2. The number of pyridine rings is 2. The average Bonchev–Trinajstić information content (AvgIpc) is 3.42. The van der Waals surface area contributed by atoms with Crippen molar-refractivity contribution in [1.82, 2.24) is 24.7 Å². The minimum Gasteiger partial charge on any atom is -0.474 e. The lowest BCUT2D eigenvalue weighted by atomic mass is 9.87. The molecule has 5 aromatic rings. The number of fused-ring (bicyclic) bond motifs is 1. The van der Waals surface area contributed by atoms with Gasteiger partial charge in [-0.1, -0.05) is 18.2 Å². The van der Waals surface area contributed by atoms with Gasteiger partial charge >= 0.3 is 0 Å². The topological polar surface area (TPSA) is 127 Å². The van der Waals surface area contributed by atoms with E-state index in [1.807, 2.05) is 18.2 Å². The number of H-pyrrole nitrogens is 1. The van der Waals surface area contributed by atoms with Crippen LogP contribution in [0.15, 0.2) is 90.1 Å². The van der Waals surface area contributed by atoms with Crippen molar-refractivity contribution < 1.29 is 22.3 Å². The van der Waals surface area contributed by atoms with Crippen LogP contribution in [-0.2, 0) is 14.8 Å². The predicted octanol–water partition coefficient (Wildman–Crippen LogP) is 5.27. The third-order valence-electron chi connectivity index (χ3n) is 7.13. The van der Waals surface area contributed by atoms with Crippen molar-refractivity contribution in [2.75, 3.05) is 0 Å². The van der Waals surface area contributed by atoms with Crippen LogP contribution in [0.5, 0.6) is 5.88 Å². The minimum atomic E-state index is -3.88. The zero-order valence-electron chi connectivity index (χ0n) is 21.8. The van der Waals surface area contributed by atoms with Gasteiger partial charge in [-0.15, -0.1) is 0 Å². The van der Waals surface area contributed by atoms with Crippen molar-refractivity contribution in [2.45, 2.75) is 36.7 Å². The SMILES string of the molecule is O=C(NS(=O)(=O)c1ccccc1)C1CCC(Oc2ccc(-c3ccc(-c4nc5ccc(F)cc5[nH]4)cn3)cn2)CC1. The van der Waals surface area contributed by atoms with E-state index in [0.717, 1.165) is 16.8 Å². The molecule has 0 radical (unpaired) electrons. The van der Waals surface area contributed by atoms with Crippen LogP contribution in [0.1, 0.15) is 25.7 Å². The second-order valence-electron chi connectivity index (χ2n) is 9.94. The summed E-state index contributed by atoms with van der Waals surface area (Å²) in [6.07, 6.45) is 5.56. The number of carbonyl (C=O) groups is 1. The first kappa shape index (κ1) is 26.6. The first-order chi connectivity index (χ1) is 19.8. The summed E-state index contributed by atoms with van der Waals surface area (Å²) in [6, 6.07) is 19.7. The molecule has 208 valence electrons. The van der Waals surface area contributed by atoms with Crippen LogP contribution >= 0.6 is 0 Å². The first-order valence-corrected chi connectivity index (χ1v) is 14.7. The largest absolute Gasteiger partial charge is 0.474 e. The fourth-order valence-electron chi connectivity index (χ4n) is 4.91. The van der Waals surface area contributed by atoms with Gasteiger partial charge < -0.3 is 9.72 Å². The quantitative estimate of drug-likeness (QED) is 0.273. The van der Waals surface area contributed by atoms with Crippen molar-refractivity contribution in [3.63, 3.8) is 0 Å². The third kappa shape index (κ3) is 5.94. The molecule has 0 saturated heterocycles. The smallest absolute Gasteiger partial charge is 0.264 e. The molecule has 1 saturated carbocycles. The lowest BCUT2D eigenvalue weighted by molar-refractivity contribution is -0.124. The molecule has 1 fully saturated rings. The summed E-state index contributed by atoms with van der Waals surface area (Å²) >= 11 is 0. The molecule has 1 aliphatic rings. The fraction of sp³-hybridized carbons (Fsp3) is 0.200. The Balaban J connectivity index is 1.03. The first-order valence-electron chi connectivity index (χ1n) is 13.2. The van der Waals surface area contributed by atoms with Crippen LogP contribution in [0.25, 0.3) is 33.7 Å². The van der Waals surface area contributed by atoms with Crippen LogP contribution < -0.4 is 9.46 Å². The normalized spacial score (nSPS) is 17.3. The van der Waals surface area contributed by atoms with Crippen LogP contribution in [0.2, 0.25) is 0 Å². The van der Waals surface area contributed by atoms with Crippen molar-refractivity contribution in [2.24, 2.45) is 5.92 Å². The summed E-state index contributed by atoms with van der Waals surface area (Å²) in [5.74, 6) is -0.120. The molecule has 41 heavy (non-hydrogen) atoms. The summed E-state index contributed by atoms with van der Waals surface area (Å²) in [5.41, 5.74) is 3.62. The van der Waals surface area contributed by atoms with E-state index in [9.17, 15) is 17.6 Å². The molecule has 11 heteroatoms. The van der Waals surface area contributed by atoms with Gasteiger partial charge in [0.1, 0.15) is 17.7 Å². The van der Waals surface area contributed by atoms with E-state index < -0.39 is 21.8 Å². The van der Waals surface area contributed by atoms with E-state index in [0.29, 0.717) is 48.4 Å². The van der Waals surface area contributed by atoms with Gasteiger partial charge in [-0.2, -0.15) is 0 Å². The Kier molecular flexibility index (Phi) is 7.19. The molecule has 0 bridgehead atoms. The van der Waals surface area contributed by atoms with Gasteiger partial charge in [-0.3, -0.25) is 9.78 Å². The maximum Gasteiger partial charge on any atom is 0.264 e. The van der Waals surface area contributed by atoms with Crippen LogP contribution in [0, 0.1) is 11.7 Å². The molecule has 2 aromatic carbocycles. The van der Waals surface area contributed by atoms with Gasteiger partial charge in [0.2, 0.25) is 11.8 Å². The Morgan fingerprint density at radius 1 is 0.902 bits per heavy atom. The number of amides is 1. The van der Waals surface area contributed by atoms with E-state index in [1.165, 1.54) is 24.3 Å². The molecule has 3 aromatic heterocycles. The maximum atomic E-state index is 13.5. The number of carbonyl (C=O) groups excluding carboxylic acids is 1. The second kappa shape index (κ2) is 11.1. The van der Waals surface area contributed by atoms with Crippen molar-refractivity contribution in [3.8, 4) is 28.5 Å². The summed E-state index contributed by atoms with van der Waals surface area (Å²) in [5, 5.41) is 0. The highest BCUT2D eigenvalue weighted by Gasteiger charge is 2.30. The number of imidazole rings is 1. The molecule has 1 aliphatic carbocycles. The Hall–Kier alpha value is -4.64. The maximum absolute atomic E-state index is 13.5. The molecular weight excluding hydrogens is 545 g/mol. The molecule has 0 aliphatic heterocycles. The molecule has 0 atom stereocenters. The number of benzene rings is 2. The summed E-state index contributed by atoms with van der Waals surface area (Å²) in [4.78, 5) is 29.2. The predicted molar refractivity (Wildman–Crippen MR) is 151 cm³/mol. The summed E-state index contributed by atoms with van der Waals surface area (Å²) < 4.78 is 46.6. The molecule has 1 amide bonds. The van der Waals surface area contributed by atoms with E-state index in [4.69, 9.17) is 4.74 Å². The number of halogens is 1. The highest BCUT2D eigenvalue weighted by atomic mass is 32.2. The second-order valence-corrected chi connectivity index (χ2v) is 11.6. The Morgan fingerprint density at radius 3 is 2.37 bits per heavy atom. The van der Waals surface area contributed by atoms with E-state index in [1.54, 1.807) is 42.7 Å². The number of rotatable bonds is 7. The van der Waals surface area contributed by atoms with Gasteiger partial charge in [-0.25, -0.2) is 27.5 Å². The average molecular weight is 572 g/mol. The van der Waals surface area contributed by atoms with Gasteiger partial charge in [0, 0.05) is 35.5 Å². The molecule has 3 heterocycles. The summed E-state index contributed by atoms with van der Waals surface area (Å²) in [7, 11) is -3.88. The van der Waals surface area contributed by atoms with Crippen molar-refractivity contribution >= 4 is 27.0 Å². The van der Waals surface area contributed by atoms with Crippen molar-refractivity contribution in [1.29, 1.82) is 0 Å². The van der Waals surface area contributed by atoms with E-state index >= 15 is 0 Å². The van der Waals surface area contributed by atoms with Crippen LogP contribution in [-0.4, -0.2) is 40.4 Å². The highest BCUT2D eigenvalue weighted by molar-refractivity contribution is 7.90. The Morgan fingerprint density at radius 2 is 1.66 bits per heavy atom. The van der Waals surface area contributed by atoms with Gasteiger partial charge in [0.05, 0.1) is 21.6 Å². The van der Waals surface area contributed by atoms with Crippen LogP contribution in [0.4, 0.5) is 4.39 Å². The number of hydrogen-bond donors (Lipinski definition) is 2. The third-order valence-corrected chi connectivity index (χ3v) is 8.50. The highest BCUT2D eigenvalue weighted by Crippen LogP contribution is 2.29. The van der Waals surface area contributed by atoms with Gasteiger partial charge in [-0.05, 0) is 74.2 Å². The minimum absolute atomic E-state index is 0.0649. The zero-order chi connectivity index (χ0) is 28.4. The zero-order valence-corrected chi connectivity index (χ0v) is 22.6. The molecule has 6 rings (SSSR count). The lowest BCUT2D eigenvalue weighted by Crippen LogP contribution is -2.38. The van der Waals surface area contributed by atoms with E-state index in [-0.39, 0.29) is 16.8 Å². The Labute approximate surface area is 235 Å². The van der Waals surface area contributed by atoms with E-state index in [2.05, 4.69) is 24.7 Å². The summed E-state index contributed by atoms with van der Waals surface area (Å²) in [6.45, 7) is 0. The molecular formula is C30H26FN5O4S. The Bertz CT molecular complexity index is 1790. The van der Waals surface area contributed by atoms with Gasteiger partial charge in [0.25, 0.3) is 10.0 Å². The number of hydrogen-bond acceptors (Lipinski definition) is 7. The number of sulfonamides is 1. The number of nitrogens with zero attached hydrogens (tertiary/aromatic N) is 3.